The van der Waals surface area contributed by atoms with Crippen molar-refractivity contribution in [3.05, 3.63) is 39.7 Å². The van der Waals surface area contributed by atoms with Crippen LogP contribution in [0.25, 0.3) is 11.0 Å². The Balaban J connectivity index is 2.31. The molecule has 1 aromatic carbocycles. The first-order valence-electron chi connectivity index (χ1n) is 7.91. The van der Waals surface area contributed by atoms with Crippen molar-refractivity contribution in [2.75, 3.05) is 13.2 Å². The van der Waals surface area contributed by atoms with E-state index in [1.807, 2.05) is 26.8 Å². The molecule has 0 N–H and O–H groups in total. The first-order valence-corrected chi connectivity index (χ1v) is 7.91. The number of rotatable bonds is 7. The quantitative estimate of drug-likeness (QED) is 0.578. The minimum atomic E-state index is -0.381. The third-order valence-electron chi connectivity index (χ3n) is 3.50. The molecule has 0 amide bonds. The van der Waals surface area contributed by atoms with Crippen LogP contribution in [0.15, 0.2) is 27.4 Å². The number of benzene rings is 1. The third kappa shape index (κ3) is 4.34. The van der Waals surface area contributed by atoms with E-state index in [2.05, 4.69) is 0 Å². The molecule has 0 aliphatic rings. The third-order valence-corrected chi connectivity index (χ3v) is 3.50. The van der Waals surface area contributed by atoms with E-state index in [0.29, 0.717) is 37.4 Å². The topological polar surface area (TPSA) is 65.7 Å². The lowest BCUT2D eigenvalue weighted by Crippen LogP contribution is -2.07. The summed E-state index contributed by atoms with van der Waals surface area (Å²) in [7, 11) is 0. The Morgan fingerprint density at radius 1 is 1.22 bits per heavy atom. The predicted molar refractivity (Wildman–Crippen MR) is 88.0 cm³/mol. The smallest absolute Gasteiger partial charge is 0.336 e. The van der Waals surface area contributed by atoms with Crippen LogP contribution in [0.2, 0.25) is 0 Å². The average Bonchev–Trinajstić information content (AvgIpc) is 2.51. The second-order valence-electron chi connectivity index (χ2n) is 5.36. The van der Waals surface area contributed by atoms with Crippen LogP contribution >= 0.6 is 0 Å². The van der Waals surface area contributed by atoms with Gasteiger partial charge in [-0.15, -0.1) is 0 Å². The zero-order valence-electron chi connectivity index (χ0n) is 13.8. The zero-order chi connectivity index (χ0) is 16.8. The largest absolute Gasteiger partial charge is 0.493 e. The first kappa shape index (κ1) is 17.1. The normalized spacial score (nSPS) is 10.7. The van der Waals surface area contributed by atoms with Gasteiger partial charge in [-0.25, -0.2) is 4.79 Å². The lowest BCUT2D eigenvalue weighted by atomic mass is 10.0. The Kier molecular flexibility index (Phi) is 5.79. The highest BCUT2D eigenvalue weighted by atomic mass is 16.5. The average molecular weight is 318 g/mol. The molecule has 0 spiro atoms. The molecule has 0 unspecified atom stereocenters. The fourth-order valence-corrected chi connectivity index (χ4v) is 2.40. The molecular formula is C18H22O5. The summed E-state index contributed by atoms with van der Waals surface area (Å²) < 4.78 is 16.0. The molecule has 1 aromatic heterocycles. The number of fused-ring (bicyclic) bond motifs is 1. The Morgan fingerprint density at radius 3 is 2.70 bits per heavy atom. The van der Waals surface area contributed by atoms with Crippen molar-refractivity contribution in [1.82, 2.24) is 0 Å². The van der Waals surface area contributed by atoms with Crippen molar-refractivity contribution in [2.24, 2.45) is 0 Å². The number of ether oxygens (including phenoxy) is 2. The van der Waals surface area contributed by atoms with Crippen molar-refractivity contribution in [3.8, 4) is 5.75 Å². The standard InChI is InChI=1S/C18H22O5/c1-4-8-22-17(19)7-6-13-10-14-12(3)9-18(20)23-16(14)11-15(13)21-5-2/h9-11H,4-8H2,1-3H3. The predicted octanol–water partition coefficient (Wildman–Crippen LogP) is 3.39. The minimum absolute atomic E-state index is 0.217. The van der Waals surface area contributed by atoms with Crippen LogP contribution < -0.4 is 10.4 Å². The highest BCUT2D eigenvalue weighted by molar-refractivity contribution is 5.83. The Hall–Kier alpha value is -2.30. The van der Waals surface area contributed by atoms with Gasteiger partial charge in [-0.3, -0.25) is 4.79 Å². The van der Waals surface area contributed by atoms with Gasteiger partial charge in [0.25, 0.3) is 0 Å². The zero-order valence-corrected chi connectivity index (χ0v) is 13.8. The summed E-state index contributed by atoms with van der Waals surface area (Å²) in [5, 5.41) is 0.852. The summed E-state index contributed by atoms with van der Waals surface area (Å²) in [5.41, 5.74) is 1.86. The van der Waals surface area contributed by atoms with Crippen LogP contribution in [0.1, 0.15) is 37.8 Å². The van der Waals surface area contributed by atoms with Gasteiger partial charge in [0.15, 0.2) is 0 Å². The van der Waals surface area contributed by atoms with Gasteiger partial charge in [0.05, 0.1) is 13.2 Å². The number of carbonyl (C=O) groups excluding carboxylic acids is 1. The van der Waals surface area contributed by atoms with Crippen molar-refractivity contribution in [3.63, 3.8) is 0 Å². The van der Waals surface area contributed by atoms with E-state index in [1.54, 1.807) is 6.07 Å². The molecular weight excluding hydrogens is 296 g/mol. The number of hydrogen-bond donors (Lipinski definition) is 0. The second-order valence-corrected chi connectivity index (χ2v) is 5.36. The Morgan fingerprint density at radius 2 is 2.00 bits per heavy atom. The maximum atomic E-state index is 11.7. The summed E-state index contributed by atoms with van der Waals surface area (Å²) >= 11 is 0. The van der Waals surface area contributed by atoms with Crippen molar-refractivity contribution in [2.45, 2.75) is 40.0 Å². The molecule has 0 aliphatic heterocycles. The molecule has 5 nitrogen and oxygen atoms in total. The van der Waals surface area contributed by atoms with Gasteiger partial charge in [0, 0.05) is 23.9 Å². The van der Waals surface area contributed by atoms with Gasteiger partial charge in [0.2, 0.25) is 0 Å². The molecule has 1 heterocycles. The fourth-order valence-electron chi connectivity index (χ4n) is 2.40. The lowest BCUT2D eigenvalue weighted by molar-refractivity contribution is -0.143. The van der Waals surface area contributed by atoms with Gasteiger partial charge in [-0.1, -0.05) is 6.92 Å². The molecule has 124 valence electrons. The second kappa shape index (κ2) is 7.81. The fraction of sp³-hybridized carbons (Fsp3) is 0.444. The molecule has 5 heteroatoms. The maximum Gasteiger partial charge on any atom is 0.336 e. The van der Waals surface area contributed by atoms with Gasteiger partial charge in [-0.05, 0) is 43.9 Å². The molecule has 2 rings (SSSR count). The number of esters is 1. The number of carbonyl (C=O) groups is 1. The molecule has 2 aromatic rings. The SMILES string of the molecule is CCCOC(=O)CCc1cc2c(C)cc(=O)oc2cc1OCC. The lowest BCUT2D eigenvalue weighted by Gasteiger charge is -2.12. The van der Waals surface area contributed by atoms with E-state index in [9.17, 15) is 9.59 Å². The molecule has 0 radical (unpaired) electrons. The summed E-state index contributed by atoms with van der Waals surface area (Å²) in [6.45, 7) is 6.64. The summed E-state index contributed by atoms with van der Waals surface area (Å²) in [6, 6.07) is 5.10. The molecule has 0 saturated heterocycles. The molecule has 0 bridgehead atoms. The van der Waals surface area contributed by atoms with Crippen LogP contribution in [0.5, 0.6) is 5.75 Å². The highest BCUT2D eigenvalue weighted by Crippen LogP contribution is 2.28. The van der Waals surface area contributed by atoms with Gasteiger partial charge in [-0.2, -0.15) is 0 Å². The van der Waals surface area contributed by atoms with E-state index < -0.39 is 0 Å². The van der Waals surface area contributed by atoms with E-state index in [4.69, 9.17) is 13.9 Å². The molecule has 0 fully saturated rings. The Bertz CT molecular complexity index is 745. The number of aryl methyl sites for hydroxylation is 2. The van der Waals surface area contributed by atoms with Gasteiger partial charge >= 0.3 is 11.6 Å². The molecule has 0 saturated carbocycles. The van der Waals surface area contributed by atoms with Crippen LogP contribution in [0, 0.1) is 6.92 Å². The van der Waals surface area contributed by atoms with E-state index >= 15 is 0 Å². The summed E-state index contributed by atoms with van der Waals surface area (Å²) in [6.07, 6.45) is 1.62. The van der Waals surface area contributed by atoms with Gasteiger partial charge < -0.3 is 13.9 Å². The minimum Gasteiger partial charge on any atom is -0.493 e. The maximum absolute atomic E-state index is 11.7. The molecule has 23 heavy (non-hydrogen) atoms. The van der Waals surface area contributed by atoms with Crippen LogP contribution in [0.3, 0.4) is 0 Å². The molecule has 0 atom stereocenters. The highest BCUT2D eigenvalue weighted by Gasteiger charge is 2.12. The van der Waals surface area contributed by atoms with Crippen LogP contribution in [-0.2, 0) is 16.0 Å². The van der Waals surface area contributed by atoms with E-state index in [0.717, 1.165) is 22.9 Å². The van der Waals surface area contributed by atoms with Crippen molar-refractivity contribution < 1.29 is 18.7 Å². The van der Waals surface area contributed by atoms with Crippen molar-refractivity contribution >= 4 is 16.9 Å². The Labute approximate surface area is 135 Å². The monoisotopic (exact) mass is 318 g/mol. The van der Waals surface area contributed by atoms with Crippen LogP contribution in [-0.4, -0.2) is 19.2 Å². The summed E-state index contributed by atoms with van der Waals surface area (Å²) in [5.74, 6) is 0.419. The van der Waals surface area contributed by atoms with E-state index in [-0.39, 0.29) is 11.6 Å². The molecule has 0 aliphatic carbocycles. The first-order chi connectivity index (χ1) is 11.0. The van der Waals surface area contributed by atoms with Crippen LogP contribution in [0.4, 0.5) is 0 Å². The summed E-state index contributed by atoms with van der Waals surface area (Å²) in [4.78, 5) is 23.2. The van der Waals surface area contributed by atoms with Crippen molar-refractivity contribution in [1.29, 1.82) is 0 Å². The van der Waals surface area contributed by atoms with Gasteiger partial charge in [0.1, 0.15) is 11.3 Å². The number of hydrogen-bond acceptors (Lipinski definition) is 5. The van der Waals surface area contributed by atoms with E-state index in [1.165, 1.54) is 6.07 Å².